The molecule has 0 aliphatic heterocycles. The first-order valence-electron chi connectivity index (χ1n) is 13.5. The molecular formula is C39H22K-. The van der Waals surface area contributed by atoms with Crippen LogP contribution in [0, 0.1) is 13.0 Å². The standard InChI is InChI=1S/C39H22.K/c1-2-9-23-18-24-10-7-11-25-19-26(20-34(23)38(24)25)33-21-36-32-17-8-16-31-27-12-3-6-15-30(27)37(39(31)32)22-35(36)29-14-5-4-13-28(29)33;/h2-17,19-22H,1H2;/q-2;+1/b9-2-;. The third-order valence-electron chi connectivity index (χ3n) is 8.64. The minimum Gasteiger partial charge on any atom is -0.235 e. The van der Waals surface area contributed by atoms with Crippen molar-refractivity contribution < 1.29 is 51.4 Å². The minimum absolute atomic E-state index is 0. The Morgan fingerprint density at radius 1 is 0.500 bits per heavy atom. The van der Waals surface area contributed by atoms with Gasteiger partial charge in [0.2, 0.25) is 0 Å². The maximum atomic E-state index is 3.95. The molecule has 7 aromatic carbocycles. The van der Waals surface area contributed by atoms with Crippen molar-refractivity contribution in [2.45, 2.75) is 0 Å². The van der Waals surface area contributed by atoms with Gasteiger partial charge in [0.1, 0.15) is 0 Å². The first-order valence-corrected chi connectivity index (χ1v) is 13.5. The van der Waals surface area contributed by atoms with Crippen molar-refractivity contribution in [2.75, 3.05) is 0 Å². The van der Waals surface area contributed by atoms with Gasteiger partial charge in [0.15, 0.2) is 0 Å². The van der Waals surface area contributed by atoms with Crippen LogP contribution >= 0.6 is 0 Å². The zero-order chi connectivity index (χ0) is 25.7. The molecule has 9 rings (SSSR count). The van der Waals surface area contributed by atoms with Crippen LogP contribution in [0.1, 0.15) is 11.1 Å². The molecule has 0 atom stereocenters. The molecule has 2 aliphatic rings. The van der Waals surface area contributed by atoms with Crippen LogP contribution in [0.5, 0.6) is 0 Å². The monoisotopic (exact) mass is 529 g/mol. The predicted octanol–water partition coefficient (Wildman–Crippen LogP) is 7.56. The van der Waals surface area contributed by atoms with Crippen molar-refractivity contribution in [2.24, 2.45) is 0 Å². The summed E-state index contributed by atoms with van der Waals surface area (Å²) >= 11 is 0. The van der Waals surface area contributed by atoms with Gasteiger partial charge in [0.05, 0.1) is 0 Å². The van der Waals surface area contributed by atoms with Crippen LogP contribution in [0.2, 0.25) is 0 Å². The molecule has 0 aromatic heterocycles. The number of hydrogen-bond acceptors (Lipinski definition) is 0. The van der Waals surface area contributed by atoms with Gasteiger partial charge in [-0.05, 0) is 77.8 Å². The summed E-state index contributed by atoms with van der Waals surface area (Å²) in [6, 6.07) is 40.6. The van der Waals surface area contributed by atoms with Gasteiger partial charge in [-0.15, -0.1) is 40.3 Å². The van der Waals surface area contributed by atoms with E-state index in [1.165, 1.54) is 82.0 Å². The second-order valence-electron chi connectivity index (χ2n) is 10.6. The molecule has 0 nitrogen and oxygen atoms in total. The zero-order valence-corrected chi connectivity index (χ0v) is 25.4. The third-order valence-corrected chi connectivity index (χ3v) is 8.64. The summed E-state index contributed by atoms with van der Waals surface area (Å²) in [6.07, 6.45) is 7.53. The Morgan fingerprint density at radius 3 is 2.02 bits per heavy atom. The van der Waals surface area contributed by atoms with Crippen molar-refractivity contribution in [1.29, 1.82) is 0 Å². The second-order valence-corrected chi connectivity index (χ2v) is 10.6. The number of hydrogen-bond donors (Lipinski definition) is 0. The Hall–Kier alpha value is -3.43. The zero-order valence-electron chi connectivity index (χ0n) is 22.3. The Morgan fingerprint density at radius 2 is 1.18 bits per heavy atom. The van der Waals surface area contributed by atoms with Gasteiger partial charge >= 0.3 is 51.4 Å². The normalized spacial score (nSPS) is 12.9. The molecule has 180 valence electrons. The van der Waals surface area contributed by atoms with Crippen LogP contribution < -0.4 is 51.4 Å². The van der Waals surface area contributed by atoms with Crippen molar-refractivity contribution in [3.8, 4) is 33.4 Å². The Bertz CT molecular complexity index is 2280. The molecule has 0 radical (unpaired) electrons. The van der Waals surface area contributed by atoms with E-state index in [0.717, 1.165) is 11.1 Å². The molecule has 0 saturated carbocycles. The van der Waals surface area contributed by atoms with Crippen LogP contribution in [0.3, 0.4) is 0 Å². The number of benzene rings is 7. The fourth-order valence-corrected chi connectivity index (χ4v) is 7.05. The predicted molar refractivity (Wildman–Crippen MR) is 167 cm³/mol. The van der Waals surface area contributed by atoms with E-state index in [1.54, 1.807) is 0 Å². The maximum absolute atomic E-state index is 3.95. The molecular weight excluding hydrogens is 508 g/mol. The van der Waals surface area contributed by atoms with Gasteiger partial charge in [0, 0.05) is 0 Å². The molecule has 0 heterocycles. The van der Waals surface area contributed by atoms with Crippen LogP contribution in [0.25, 0.3) is 82.0 Å². The Labute approximate surface area is 276 Å². The van der Waals surface area contributed by atoms with Gasteiger partial charge in [-0.1, -0.05) is 96.4 Å². The quantitative estimate of drug-likeness (QED) is 0.123. The average Bonchev–Trinajstić information content (AvgIpc) is 3.50. The molecule has 0 amide bonds. The topological polar surface area (TPSA) is 0 Å². The Kier molecular flexibility index (Phi) is 5.51. The third kappa shape index (κ3) is 3.24. The van der Waals surface area contributed by atoms with E-state index < -0.39 is 0 Å². The van der Waals surface area contributed by atoms with E-state index in [4.69, 9.17) is 0 Å². The summed E-state index contributed by atoms with van der Waals surface area (Å²) in [5.74, 6) is 0. The molecule has 0 bridgehead atoms. The molecule has 40 heavy (non-hydrogen) atoms. The molecule has 1 heteroatoms. The molecule has 7 aromatic rings. The number of fused-ring (bicyclic) bond motifs is 7. The van der Waals surface area contributed by atoms with E-state index in [-0.39, 0.29) is 51.4 Å². The number of allylic oxidation sites excluding steroid dienone is 3. The smallest absolute Gasteiger partial charge is 0.235 e. The van der Waals surface area contributed by atoms with E-state index >= 15 is 0 Å². The average molecular weight is 530 g/mol. The summed E-state index contributed by atoms with van der Waals surface area (Å²) in [5, 5.41) is 10.4. The van der Waals surface area contributed by atoms with Crippen LogP contribution in [0.15, 0.2) is 121 Å². The molecule has 0 saturated heterocycles. The second kappa shape index (κ2) is 9.04. The van der Waals surface area contributed by atoms with E-state index in [0.29, 0.717) is 0 Å². The Balaban J connectivity index is 0.00000245. The van der Waals surface area contributed by atoms with E-state index in [2.05, 4.69) is 128 Å². The van der Waals surface area contributed by atoms with E-state index in [1.807, 2.05) is 6.08 Å². The van der Waals surface area contributed by atoms with Gasteiger partial charge < -0.3 is 0 Å². The van der Waals surface area contributed by atoms with Crippen LogP contribution in [-0.2, 0) is 0 Å². The van der Waals surface area contributed by atoms with Gasteiger partial charge in [-0.3, -0.25) is 0 Å². The van der Waals surface area contributed by atoms with Gasteiger partial charge in [-0.25, -0.2) is 6.92 Å². The summed E-state index contributed by atoms with van der Waals surface area (Å²) in [6.45, 7) is 3.95. The largest absolute Gasteiger partial charge is 1.00 e. The summed E-state index contributed by atoms with van der Waals surface area (Å²) in [4.78, 5) is 0. The number of rotatable bonds is 2. The maximum Gasteiger partial charge on any atom is 1.00 e. The van der Waals surface area contributed by atoms with Gasteiger partial charge in [-0.2, -0.15) is 6.08 Å². The van der Waals surface area contributed by atoms with Crippen molar-refractivity contribution in [3.05, 3.63) is 145 Å². The molecule has 2 aliphatic carbocycles. The minimum atomic E-state index is 0. The first kappa shape index (κ1) is 24.4. The summed E-state index contributed by atoms with van der Waals surface area (Å²) < 4.78 is 0. The van der Waals surface area contributed by atoms with E-state index in [9.17, 15) is 0 Å². The molecule has 0 N–H and O–H groups in total. The SMILES string of the molecule is [CH2-]/C=C\C1=[C-]c2cccc3cc(-c4cc5c6cccc7c6c(cc5c5ccccc45)-c4ccccc4-7)cc1c23.[K+]. The summed E-state index contributed by atoms with van der Waals surface area (Å²) in [7, 11) is 0. The fraction of sp³-hybridized carbons (Fsp3) is 0. The molecule has 0 unspecified atom stereocenters. The first-order chi connectivity index (χ1) is 19.3. The summed E-state index contributed by atoms with van der Waals surface area (Å²) in [5.41, 5.74) is 11.4. The van der Waals surface area contributed by atoms with Crippen molar-refractivity contribution in [1.82, 2.24) is 0 Å². The van der Waals surface area contributed by atoms with Crippen molar-refractivity contribution >= 4 is 48.7 Å². The van der Waals surface area contributed by atoms with Crippen molar-refractivity contribution in [3.63, 3.8) is 0 Å². The molecule has 0 spiro atoms. The van der Waals surface area contributed by atoms with Gasteiger partial charge in [0.25, 0.3) is 0 Å². The fourth-order valence-electron chi connectivity index (χ4n) is 7.05. The molecule has 0 fully saturated rings. The van der Waals surface area contributed by atoms with Crippen LogP contribution in [0.4, 0.5) is 0 Å². The van der Waals surface area contributed by atoms with Crippen LogP contribution in [-0.4, -0.2) is 0 Å².